The molecule has 0 aliphatic heterocycles. The number of hydrogen-bond donors (Lipinski definition) is 1. The average molecular weight is 284 g/mol. The van der Waals surface area contributed by atoms with Crippen LogP contribution in [0.1, 0.15) is 18.9 Å². The second kappa shape index (κ2) is 8.41. The molecule has 19 heavy (non-hydrogen) atoms. The van der Waals surface area contributed by atoms with Gasteiger partial charge in [0.2, 0.25) is 0 Å². The molecule has 0 radical (unpaired) electrons. The summed E-state index contributed by atoms with van der Waals surface area (Å²) < 4.78 is 0. The number of rotatable bonds is 8. The lowest BCUT2D eigenvalue weighted by molar-refractivity contribution is 0.413. The molecule has 0 fully saturated rings. The molecule has 0 saturated heterocycles. The number of nitrogens with one attached hydrogen (secondary N) is 1. The minimum Gasteiger partial charge on any atom is -0.370 e. The number of nitrogens with zero attached hydrogens (tertiary/aromatic N) is 2. The van der Waals surface area contributed by atoms with Gasteiger partial charge in [-0.1, -0.05) is 24.6 Å². The molecule has 0 aliphatic carbocycles. The fourth-order valence-electron chi connectivity index (χ4n) is 2.03. The van der Waals surface area contributed by atoms with Gasteiger partial charge in [-0.05, 0) is 45.3 Å². The third kappa shape index (κ3) is 5.39. The monoisotopic (exact) mass is 283 g/mol. The van der Waals surface area contributed by atoms with E-state index in [2.05, 4.69) is 54.3 Å². The van der Waals surface area contributed by atoms with Gasteiger partial charge >= 0.3 is 0 Å². The van der Waals surface area contributed by atoms with E-state index in [0.29, 0.717) is 0 Å². The second-order valence-corrected chi connectivity index (χ2v) is 5.50. The summed E-state index contributed by atoms with van der Waals surface area (Å²) in [6.45, 7) is 6.16. The van der Waals surface area contributed by atoms with E-state index in [0.717, 1.165) is 43.2 Å². The van der Waals surface area contributed by atoms with Crippen LogP contribution in [0.5, 0.6) is 0 Å². The smallest absolute Gasteiger partial charge is 0.0471 e. The molecule has 1 aromatic carbocycles. The van der Waals surface area contributed by atoms with Gasteiger partial charge in [0.05, 0.1) is 0 Å². The van der Waals surface area contributed by atoms with E-state index >= 15 is 0 Å². The van der Waals surface area contributed by atoms with Gasteiger partial charge in [-0.15, -0.1) is 0 Å². The third-order valence-electron chi connectivity index (χ3n) is 3.08. The topological polar surface area (TPSA) is 18.5 Å². The lowest BCUT2D eigenvalue weighted by atomic mass is 10.2. The minimum atomic E-state index is 0.810. The second-order valence-electron chi connectivity index (χ2n) is 5.10. The highest BCUT2D eigenvalue weighted by molar-refractivity contribution is 6.31. The summed E-state index contributed by atoms with van der Waals surface area (Å²) >= 11 is 6.34. The van der Waals surface area contributed by atoms with Crippen molar-refractivity contribution in [1.82, 2.24) is 10.2 Å². The molecular weight excluding hydrogens is 258 g/mol. The molecule has 0 heterocycles. The molecule has 0 spiro atoms. The highest BCUT2D eigenvalue weighted by Crippen LogP contribution is 2.24. The summed E-state index contributed by atoms with van der Waals surface area (Å²) in [5.41, 5.74) is 2.37. The standard InChI is InChI=1S/C15H26ClN3/c1-5-8-19(10-9-18(3)4)14-7-6-13(12-17-2)15(16)11-14/h6-7,11,17H,5,8-10,12H2,1-4H3. The van der Waals surface area contributed by atoms with Crippen LogP contribution >= 0.6 is 11.6 Å². The van der Waals surface area contributed by atoms with Crippen molar-refractivity contribution in [2.75, 3.05) is 45.7 Å². The Morgan fingerprint density at radius 3 is 2.42 bits per heavy atom. The van der Waals surface area contributed by atoms with Crippen LogP contribution in [0.3, 0.4) is 0 Å². The predicted octanol–water partition coefficient (Wildman–Crippen LogP) is 2.84. The zero-order valence-electron chi connectivity index (χ0n) is 12.5. The van der Waals surface area contributed by atoms with Crippen LogP contribution in [0.15, 0.2) is 18.2 Å². The summed E-state index contributed by atoms with van der Waals surface area (Å²) in [6.07, 6.45) is 1.14. The van der Waals surface area contributed by atoms with Gasteiger partial charge in [-0.25, -0.2) is 0 Å². The molecule has 1 rings (SSSR count). The molecule has 1 N–H and O–H groups in total. The predicted molar refractivity (Wildman–Crippen MR) is 85.3 cm³/mol. The zero-order chi connectivity index (χ0) is 14.3. The maximum absolute atomic E-state index is 6.34. The highest BCUT2D eigenvalue weighted by atomic mass is 35.5. The molecule has 0 bridgehead atoms. The minimum absolute atomic E-state index is 0.810. The quantitative estimate of drug-likeness (QED) is 0.791. The van der Waals surface area contributed by atoms with Crippen LogP contribution in [0, 0.1) is 0 Å². The molecule has 0 aliphatic rings. The van der Waals surface area contributed by atoms with Crippen molar-refractivity contribution in [2.24, 2.45) is 0 Å². The van der Waals surface area contributed by atoms with Gasteiger partial charge in [-0.2, -0.15) is 0 Å². The summed E-state index contributed by atoms with van der Waals surface area (Å²) in [6, 6.07) is 6.37. The highest BCUT2D eigenvalue weighted by Gasteiger charge is 2.08. The van der Waals surface area contributed by atoms with E-state index in [1.807, 2.05) is 7.05 Å². The number of hydrogen-bond acceptors (Lipinski definition) is 3. The Morgan fingerprint density at radius 2 is 1.89 bits per heavy atom. The summed E-state index contributed by atoms with van der Waals surface area (Å²) in [4.78, 5) is 4.61. The summed E-state index contributed by atoms with van der Waals surface area (Å²) in [5.74, 6) is 0. The number of benzene rings is 1. The van der Waals surface area contributed by atoms with Gasteiger partial charge < -0.3 is 15.1 Å². The Bertz CT molecular complexity index is 380. The first kappa shape index (κ1) is 16.3. The van der Waals surface area contributed by atoms with Crippen molar-refractivity contribution < 1.29 is 0 Å². The molecule has 4 heteroatoms. The Hall–Kier alpha value is -0.770. The van der Waals surface area contributed by atoms with Gasteiger partial charge in [0.15, 0.2) is 0 Å². The molecule has 0 unspecified atom stereocenters. The summed E-state index contributed by atoms with van der Waals surface area (Å²) in [5, 5.41) is 3.98. The first-order chi connectivity index (χ1) is 9.08. The molecule has 108 valence electrons. The van der Waals surface area contributed by atoms with E-state index in [4.69, 9.17) is 11.6 Å². The lowest BCUT2D eigenvalue weighted by Crippen LogP contribution is -2.32. The van der Waals surface area contributed by atoms with Crippen LogP contribution < -0.4 is 10.2 Å². The lowest BCUT2D eigenvalue weighted by Gasteiger charge is -2.26. The fourth-order valence-corrected chi connectivity index (χ4v) is 2.27. The van der Waals surface area contributed by atoms with Gasteiger partial charge in [0.1, 0.15) is 0 Å². The van der Waals surface area contributed by atoms with E-state index < -0.39 is 0 Å². The van der Waals surface area contributed by atoms with Gasteiger partial charge in [0, 0.05) is 36.9 Å². The first-order valence-electron chi connectivity index (χ1n) is 6.91. The van der Waals surface area contributed by atoms with Crippen molar-refractivity contribution in [2.45, 2.75) is 19.9 Å². The van der Waals surface area contributed by atoms with Crippen molar-refractivity contribution in [3.8, 4) is 0 Å². The average Bonchev–Trinajstić information content (AvgIpc) is 2.37. The maximum Gasteiger partial charge on any atom is 0.0471 e. The van der Waals surface area contributed by atoms with Crippen molar-refractivity contribution >= 4 is 17.3 Å². The zero-order valence-corrected chi connectivity index (χ0v) is 13.3. The van der Waals surface area contributed by atoms with Crippen molar-refractivity contribution in [3.05, 3.63) is 28.8 Å². The molecule has 0 amide bonds. The molecule has 3 nitrogen and oxygen atoms in total. The SMILES string of the molecule is CCCN(CCN(C)C)c1ccc(CNC)c(Cl)c1. The van der Waals surface area contributed by atoms with Crippen molar-refractivity contribution in [3.63, 3.8) is 0 Å². The molecule has 0 atom stereocenters. The van der Waals surface area contributed by atoms with E-state index in [9.17, 15) is 0 Å². The van der Waals surface area contributed by atoms with Crippen LogP contribution in [0.4, 0.5) is 5.69 Å². The Balaban J connectivity index is 2.80. The fraction of sp³-hybridized carbons (Fsp3) is 0.600. The van der Waals surface area contributed by atoms with Crippen LogP contribution in [0.25, 0.3) is 0 Å². The summed E-state index contributed by atoms with van der Waals surface area (Å²) in [7, 11) is 6.14. The van der Waals surface area contributed by atoms with Crippen LogP contribution in [-0.4, -0.2) is 45.7 Å². The Labute approximate surface area is 122 Å². The van der Waals surface area contributed by atoms with Crippen LogP contribution in [-0.2, 0) is 6.54 Å². The first-order valence-corrected chi connectivity index (χ1v) is 7.29. The van der Waals surface area contributed by atoms with E-state index in [-0.39, 0.29) is 0 Å². The normalized spacial score (nSPS) is 11.1. The number of likely N-dealkylation sites (N-methyl/N-ethyl adjacent to an activating group) is 1. The number of halogens is 1. The molecule has 1 aromatic rings. The number of anilines is 1. The van der Waals surface area contributed by atoms with Crippen LogP contribution in [0.2, 0.25) is 5.02 Å². The van der Waals surface area contributed by atoms with E-state index in [1.54, 1.807) is 0 Å². The maximum atomic E-state index is 6.34. The van der Waals surface area contributed by atoms with Gasteiger partial charge in [0.25, 0.3) is 0 Å². The van der Waals surface area contributed by atoms with Gasteiger partial charge in [-0.3, -0.25) is 0 Å². The third-order valence-corrected chi connectivity index (χ3v) is 3.43. The largest absolute Gasteiger partial charge is 0.370 e. The molecule has 0 saturated carbocycles. The van der Waals surface area contributed by atoms with E-state index in [1.165, 1.54) is 5.69 Å². The Kier molecular flexibility index (Phi) is 7.21. The van der Waals surface area contributed by atoms with Crippen molar-refractivity contribution in [1.29, 1.82) is 0 Å². The molecular formula is C15H26ClN3. The molecule has 0 aromatic heterocycles. The Morgan fingerprint density at radius 1 is 1.16 bits per heavy atom.